The van der Waals surface area contributed by atoms with Gasteiger partial charge >= 0.3 is 0 Å². The minimum Gasteiger partial charge on any atom is -0.330 e. The molecule has 0 radical (unpaired) electrons. The summed E-state index contributed by atoms with van der Waals surface area (Å²) < 4.78 is 3.37. The van der Waals surface area contributed by atoms with Gasteiger partial charge in [0.1, 0.15) is 5.82 Å². The minimum atomic E-state index is 1.02. The molecular formula is C16H20BrN3. The number of benzene rings is 1. The van der Waals surface area contributed by atoms with Crippen molar-refractivity contribution in [1.29, 1.82) is 0 Å². The van der Waals surface area contributed by atoms with Crippen LogP contribution in [0.4, 0.5) is 0 Å². The summed E-state index contributed by atoms with van der Waals surface area (Å²) in [7, 11) is 0. The third kappa shape index (κ3) is 3.30. The molecule has 0 aliphatic carbocycles. The van der Waals surface area contributed by atoms with Crippen LogP contribution in [0.15, 0.2) is 41.1 Å². The van der Waals surface area contributed by atoms with E-state index in [0.717, 1.165) is 23.4 Å². The number of piperidine rings is 1. The lowest BCUT2D eigenvalue weighted by molar-refractivity contribution is 0.221. The molecule has 1 aliphatic heterocycles. The molecule has 0 saturated carbocycles. The Morgan fingerprint density at radius 1 is 1.00 bits per heavy atom. The number of rotatable bonds is 4. The summed E-state index contributed by atoms with van der Waals surface area (Å²) in [5.74, 6) is 1.06. The average Bonchev–Trinajstić information content (AvgIpc) is 2.95. The second-order valence-corrected chi connectivity index (χ2v) is 6.27. The van der Waals surface area contributed by atoms with Gasteiger partial charge in [-0.15, -0.1) is 0 Å². The Kier molecular flexibility index (Phi) is 4.53. The van der Waals surface area contributed by atoms with Gasteiger partial charge in [-0.2, -0.15) is 0 Å². The molecule has 1 aliphatic rings. The molecule has 20 heavy (non-hydrogen) atoms. The molecule has 106 valence electrons. The quantitative estimate of drug-likeness (QED) is 0.848. The Hall–Kier alpha value is -1.13. The third-order valence-corrected chi connectivity index (χ3v) is 4.45. The van der Waals surface area contributed by atoms with Gasteiger partial charge in [-0.1, -0.05) is 34.5 Å². The fourth-order valence-electron chi connectivity index (χ4n) is 2.78. The highest BCUT2D eigenvalue weighted by atomic mass is 79.9. The maximum atomic E-state index is 4.51. The minimum absolute atomic E-state index is 1.02. The first-order valence-corrected chi connectivity index (χ1v) is 8.12. The summed E-state index contributed by atoms with van der Waals surface area (Å²) in [5, 5.41) is 0. The molecule has 0 N–H and O–H groups in total. The first-order chi connectivity index (χ1) is 9.83. The van der Waals surface area contributed by atoms with Crippen molar-refractivity contribution in [2.24, 2.45) is 0 Å². The average molecular weight is 334 g/mol. The van der Waals surface area contributed by atoms with Crippen molar-refractivity contribution < 1.29 is 0 Å². The summed E-state index contributed by atoms with van der Waals surface area (Å²) in [5.41, 5.74) is 1.18. The smallest absolute Gasteiger partial charge is 0.139 e. The van der Waals surface area contributed by atoms with Crippen molar-refractivity contribution in [2.45, 2.75) is 25.8 Å². The largest absolute Gasteiger partial charge is 0.330 e. The molecular weight excluding hydrogens is 314 g/mol. The second kappa shape index (κ2) is 6.55. The predicted octanol–water partition coefficient (Wildman–Crippen LogP) is 3.80. The SMILES string of the molecule is Brc1ccc(-c2nccn2CCN2CCCCC2)cc1. The first kappa shape index (κ1) is 13.8. The van der Waals surface area contributed by atoms with Crippen molar-refractivity contribution in [3.63, 3.8) is 0 Å². The van der Waals surface area contributed by atoms with Crippen molar-refractivity contribution in [3.8, 4) is 11.4 Å². The summed E-state index contributed by atoms with van der Waals surface area (Å²) >= 11 is 3.48. The van der Waals surface area contributed by atoms with E-state index in [9.17, 15) is 0 Å². The second-order valence-electron chi connectivity index (χ2n) is 5.35. The Morgan fingerprint density at radius 2 is 1.75 bits per heavy atom. The van der Waals surface area contributed by atoms with Crippen LogP contribution in [0, 0.1) is 0 Å². The molecule has 0 bridgehead atoms. The van der Waals surface area contributed by atoms with E-state index >= 15 is 0 Å². The standard InChI is InChI=1S/C16H20BrN3/c17-15-6-4-14(5-7-15)16-18-8-11-20(16)13-12-19-9-2-1-3-10-19/h4-8,11H,1-3,9-10,12-13H2. The van der Waals surface area contributed by atoms with Gasteiger partial charge in [0.2, 0.25) is 0 Å². The molecule has 0 unspecified atom stereocenters. The van der Waals surface area contributed by atoms with Crippen molar-refractivity contribution in [2.75, 3.05) is 19.6 Å². The van der Waals surface area contributed by atoms with E-state index in [1.54, 1.807) is 0 Å². The Morgan fingerprint density at radius 3 is 2.50 bits per heavy atom. The predicted molar refractivity (Wildman–Crippen MR) is 85.7 cm³/mol. The lowest BCUT2D eigenvalue weighted by Crippen LogP contribution is -2.32. The number of aromatic nitrogens is 2. The van der Waals surface area contributed by atoms with Crippen LogP contribution in [0.5, 0.6) is 0 Å². The number of imidazole rings is 1. The topological polar surface area (TPSA) is 21.1 Å². The molecule has 1 aromatic carbocycles. The monoisotopic (exact) mass is 333 g/mol. The van der Waals surface area contributed by atoms with Gasteiger partial charge < -0.3 is 9.47 Å². The van der Waals surface area contributed by atoms with Gasteiger partial charge in [0.05, 0.1) is 0 Å². The van der Waals surface area contributed by atoms with Crippen molar-refractivity contribution in [3.05, 3.63) is 41.1 Å². The zero-order chi connectivity index (χ0) is 13.8. The van der Waals surface area contributed by atoms with E-state index in [0.29, 0.717) is 0 Å². The first-order valence-electron chi connectivity index (χ1n) is 7.32. The molecule has 0 spiro atoms. The highest BCUT2D eigenvalue weighted by Crippen LogP contribution is 2.20. The molecule has 4 heteroatoms. The molecule has 1 aromatic heterocycles. The Bertz CT molecular complexity index is 541. The molecule has 3 nitrogen and oxygen atoms in total. The lowest BCUT2D eigenvalue weighted by atomic mass is 10.1. The summed E-state index contributed by atoms with van der Waals surface area (Å²) in [6.45, 7) is 4.65. The molecule has 1 fully saturated rings. The Labute approximate surface area is 128 Å². The summed E-state index contributed by atoms with van der Waals surface area (Å²) in [4.78, 5) is 7.07. The van der Waals surface area contributed by atoms with Crippen LogP contribution >= 0.6 is 15.9 Å². The van der Waals surface area contributed by atoms with Crippen LogP contribution < -0.4 is 0 Å². The fraction of sp³-hybridized carbons (Fsp3) is 0.438. The molecule has 1 saturated heterocycles. The van der Waals surface area contributed by atoms with Crippen molar-refractivity contribution >= 4 is 15.9 Å². The van der Waals surface area contributed by atoms with E-state index in [-0.39, 0.29) is 0 Å². The highest BCUT2D eigenvalue weighted by molar-refractivity contribution is 9.10. The zero-order valence-corrected chi connectivity index (χ0v) is 13.2. The number of likely N-dealkylation sites (tertiary alicyclic amines) is 1. The van der Waals surface area contributed by atoms with Crippen LogP contribution in [-0.2, 0) is 6.54 Å². The third-order valence-electron chi connectivity index (χ3n) is 3.92. The summed E-state index contributed by atoms with van der Waals surface area (Å²) in [6.07, 6.45) is 8.08. The number of hydrogen-bond acceptors (Lipinski definition) is 2. The number of nitrogens with zero attached hydrogens (tertiary/aromatic N) is 3. The van der Waals surface area contributed by atoms with Crippen LogP contribution in [0.1, 0.15) is 19.3 Å². The van der Waals surface area contributed by atoms with E-state index in [1.807, 2.05) is 6.20 Å². The summed E-state index contributed by atoms with van der Waals surface area (Å²) in [6, 6.07) is 8.37. The van der Waals surface area contributed by atoms with E-state index in [2.05, 4.69) is 60.8 Å². The van der Waals surface area contributed by atoms with E-state index in [4.69, 9.17) is 0 Å². The molecule has 3 rings (SSSR count). The fourth-order valence-corrected chi connectivity index (χ4v) is 3.05. The molecule has 2 aromatic rings. The molecule has 0 amide bonds. The number of halogens is 1. The van der Waals surface area contributed by atoms with E-state index in [1.165, 1.54) is 37.9 Å². The van der Waals surface area contributed by atoms with Gasteiger partial charge in [-0.05, 0) is 38.1 Å². The lowest BCUT2D eigenvalue weighted by Gasteiger charge is -2.26. The van der Waals surface area contributed by atoms with Crippen LogP contribution in [0.25, 0.3) is 11.4 Å². The molecule has 2 heterocycles. The van der Waals surface area contributed by atoms with Gasteiger partial charge in [-0.25, -0.2) is 4.98 Å². The maximum Gasteiger partial charge on any atom is 0.139 e. The van der Waals surface area contributed by atoms with Gasteiger partial charge in [0.15, 0.2) is 0 Å². The zero-order valence-electron chi connectivity index (χ0n) is 11.6. The normalized spacial score (nSPS) is 16.4. The Balaban J connectivity index is 1.68. The van der Waals surface area contributed by atoms with Gasteiger partial charge in [-0.3, -0.25) is 0 Å². The van der Waals surface area contributed by atoms with E-state index < -0.39 is 0 Å². The van der Waals surface area contributed by atoms with Crippen LogP contribution in [-0.4, -0.2) is 34.1 Å². The van der Waals surface area contributed by atoms with Gasteiger partial charge in [0.25, 0.3) is 0 Å². The van der Waals surface area contributed by atoms with Crippen LogP contribution in [0.3, 0.4) is 0 Å². The highest BCUT2D eigenvalue weighted by Gasteiger charge is 2.11. The van der Waals surface area contributed by atoms with Gasteiger partial charge in [0, 0.05) is 35.5 Å². The van der Waals surface area contributed by atoms with Crippen molar-refractivity contribution in [1.82, 2.24) is 14.5 Å². The number of hydrogen-bond donors (Lipinski definition) is 0. The van der Waals surface area contributed by atoms with Crippen LogP contribution in [0.2, 0.25) is 0 Å². The maximum absolute atomic E-state index is 4.51. The molecule has 0 atom stereocenters.